The lowest BCUT2D eigenvalue weighted by Gasteiger charge is -2.24. The first-order chi connectivity index (χ1) is 8.71. The molecule has 0 saturated heterocycles. The normalized spacial score (nSPS) is 12.4. The molecule has 0 amide bonds. The van der Waals surface area contributed by atoms with Gasteiger partial charge in [-0.15, -0.1) is 0 Å². The molecular weight excluding hydrogens is 270 g/mol. The summed E-state index contributed by atoms with van der Waals surface area (Å²) in [4.78, 5) is 13.0. The first kappa shape index (κ1) is 18.3. The number of rotatable bonds is 9. The molecule has 0 spiro atoms. The van der Waals surface area contributed by atoms with Crippen molar-refractivity contribution < 1.29 is 17.9 Å². The smallest absolute Gasteiger partial charge is 0.306 e. The van der Waals surface area contributed by atoms with Gasteiger partial charge in [0.2, 0.25) is 0 Å². The van der Waals surface area contributed by atoms with Crippen molar-refractivity contribution in [1.82, 2.24) is 13.5 Å². The van der Waals surface area contributed by atoms with Gasteiger partial charge in [0.1, 0.15) is 0 Å². The van der Waals surface area contributed by atoms with Crippen LogP contribution in [0.25, 0.3) is 0 Å². The van der Waals surface area contributed by atoms with Crippen LogP contribution in [-0.4, -0.2) is 82.8 Å². The van der Waals surface area contributed by atoms with E-state index in [2.05, 4.69) is 4.74 Å². The van der Waals surface area contributed by atoms with Crippen molar-refractivity contribution in [2.75, 3.05) is 54.9 Å². The van der Waals surface area contributed by atoms with Crippen LogP contribution in [0, 0.1) is 0 Å². The molecule has 0 aromatic carbocycles. The Morgan fingerprint density at radius 2 is 1.53 bits per heavy atom. The molecule has 0 heterocycles. The van der Waals surface area contributed by atoms with Crippen molar-refractivity contribution in [1.29, 1.82) is 0 Å². The SMILES string of the molecule is COC(=O)CCN(C)S(=O)(=O)N(C)CCCN(C)C. The Labute approximate surface area is 116 Å². The molecule has 0 aromatic rings. The maximum atomic E-state index is 12.1. The lowest BCUT2D eigenvalue weighted by atomic mass is 10.4. The molecule has 0 saturated carbocycles. The second-order valence-electron chi connectivity index (χ2n) is 4.63. The first-order valence-electron chi connectivity index (χ1n) is 6.11. The average Bonchev–Trinajstić information content (AvgIpc) is 2.34. The number of methoxy groups -OCH3 is 1. The van der Waals surface area contributed by atoms with E-state index in [4.69, 9.17) is 0 Å². The van der Waals surface area contributed by atoms with Crippen molar-refractivity contribution in [2.24, 2.45) is 0 Å². The summed E-state index contributed by atoms with van der Waals surface area (Å²) in [5, 5.41) is 0. The van der Waals surface area contributed by atoms with Gasteiger partial charge in [-0.1, -0.05) is 0 Å². The number of carbonyl (C=O) groups is 1. The van der Waals surface area contributed by atoms with Crippen LogP contribution >= 0.6 is 0 Å². The molecular formula is C11H25N3O4S. The van der Waals surface area contributed by atoms with E-state index in [0.717, 1.165) is 13.0 Å². The maximum absolute atomic E-state index is 12.1. The van der Waals surface area contributed by atoms with Gasteiger partial charge >= 0.3 is 5.97 Å². The first-order valence-corrected chi connectivity index (χ1v) is 7.50. The molecule has 0 aromatic heterocycles. The van der Waals surface area contributed by atoms with Crippen molar-refractivity contribution >= 4 is 16.2 Å². The van der Waals surface area contributed by atoms with E-state index in [1.165, 1.54) is 22.8 Å². The predicted octanol–water partition coefficient (Wildman–Crippen LogP) is -0.390. The summed E-state index contributed by atoms with van der Waals surface area (Å²) in [6.07, 6.45) is 0.811. The Hall–Kier alpha value is -0.700. The second kappa shape index (κ2) is 8.47. The number of esters is 1. The number of hydrogen-bond donors (Lipinski definition) is 0. The standard InChI is InChI=1S/C11H25N3O4S/c1-12(2)8-6-9-13(3)19(16,17)14(4)10-7-11(15)18-5/h6-10H2,1-5H3. The van der Waals surface area contributed by atoms with E-state index in [1.54, 1.807) is 7.05 Å². The molecule has 0 aliphatic rings. The van der Waals surface area contributed by atoms with E-state index >= 15 is 0 Å². The highest BCUT2D eigenvalue weighted by Gasteiger charge is 2.23. The molecule has 0 radical (unpaired) electrons. The zero-order valence-electron chi connectivity index (χ0n) is 12.4. The number of ether oxygens (including phenoxy) is 1. The fourth-order valence-corrected chi connectivity index (χ4v) is 2.59. The Balaban J connectivity index is 4.30. The largest absolute Gasteiger partial charge is 0.469 e. The molecule has 0 fully saturated rings. The van der Waals surface area contributed by atoms with Gasteiger partial charge in [-0.25, -0.2) is 0 Å². The number of nitrogens with zero attached hydrogens (tertiary/aromatic N) is 3. The quantitative estimate of drug-likeness (QED) is 0.542. The minimum Gasteiger partial charge on any atom is -0.469 e. The van der Waals surface area contributed by atoms with Gasteiger partial charge in [0.15, 0.2) is 0 Å². The Morgan fingerprint density at radius 1 is 1.00 bits per heavy atom. The monoisotopic (exact) mass is 295 g/mol. The summed E-state index contributed by atoms with van der Waals surface area (Å²) < 4.78 is 31.1. The molecule has 0 aliphatic carbocycles. The summed E-state index contributed by atoms with van der Waals surface area (Å²) >= 11 is 0. The third kappa shape index (κ3) is 6.86. The van der Waals surface area contributed by atoms with Crippen molar-refractivity contribution in [2.45, 2.75) is 12.8 Å². The van der Waals surface area contributed by atoms with Crippen LogP contribution in [0.15, 0.2) is 0 Å². The molecule has 0 rings (SSSR count). The van der Waals surface area contributed by atoms with Crippen LogP contribution in [0.5, 0.6) is 0 Å². The number of carbonyl (C=O) groups excluding carboxylic acids is 1. The summed E-state index contributed by atoms with van der Waals surface area (Å²) in [6.45, 7) is 1.39. The van der Waals surface area contributed by atoms with E-state index in [0.29, 0.717) is 6.54 Å². The molecule has 19 heavy (non-hydrogen) atoms. The van der Waals surface area contributed by atoms with Crippen LogP contribution < -0.4 is 0 Å². The van der Waals surface area contributed by atoms with Crippen molar-refractivity contribution in [3.63, 3.8) is 0 Å². The summed E-state index contributed by atoms with van der Waals surface area (Å²) in [6, 6.07) is 0. The number of hydrogen-bond acceptors (Lipinski definition) is 5. The van der Waals surface area contributed by atoms with Gasteiger partial charge in [0.25, 0.3) is 10.2 Å². The summed E-state index contributed by atoms with van der Waals surface area (Å²) in [7, 11) is 4.66. The third-order valence-electron chi connectivity index (χ3n) is 2.72. The highest BCUT2D eigenvalue weighted by Crippen LogP contribution is 2.06. The Bertz CT molecular complexity index is 370. The van der Waals surface area contributed by atoms with Gasteiger partial charge < -0.3 is 9.64 Å². The van der Waals surface area contributed by atoms with Crippen LogP contribution in [0.2, 0.25) is 0 Å². The topological polar surface area (TPSA) is 70.2 Å². The molecule has 0 unspecified atom stereocenters. The van der Waals surface area contributed by atoms with Gasteiger partial charge in [-0.2, -0.15) is 17.0 Å². The van der Waals surface area contributed by atoms with Crippen LogP contribution in [0.3, 0.4) is 0 Å². The van der Waals surface area contributed by atoms with E-state index < -0.39 is 16.2 Å². The van der Waals surface area contributed by atoms with Crippen LogP contribution in [0.4, 0.5) is 0 Å². The molecule has 0 bridgehead atoms. The van der Waals surface area contributed by atoms with E-state index in [1.807, 2.05) is 19.0 Å². The lowest BCUT2D eigenvalue weighted by molar-refractivity contribution is -0.140. The average molecular weight is 295 g/mol. The highest BCUT2D eigenvalue weighted by molar-refractivity contribution is 7.86. The lowest BCUT2D eigenvalue weighted by Crippen LogP contribution is -2.41. The van der Waals surface area contributed by atoms with Gasteiger partial charge in [-0.3, -0.25) is 4.79 Å². The van der Waals surface area contributed by atoms with E-state index in [-0.39, 0.29) is 13.0 Å². The molecule has 0 atom stereocenters. The van der Waals surface area contributed by atoms with Gasteiger partial charge in [0.05, 0.1) is 13.5 Å². The fourth-order valence-electron chi connectivity index (χ4n) is 1.43. The zero-order chi connectivity index (χ0) is 15.1. The van der Waals surface area contributed by atoms with Crippen molar-refractivity contribution in [3.05, 3.63) is 0 Å². The van der Waals surface area contributed by atoms with Crippen molar-refractivity contribution in [3.8, 4) is 0 Å². The molecule has 7 nitrogen and oxygen atoms in total. The van der Waals surface area contributed by atoms with Crippen LogP contribution in [0.1, 0.15) is 12.8 Å². The second-order valence-corrected chi connectivity index (χ2v) is 6.78. The molecule has 8 heteroatoms. The molecule has 0 aliphatic heterocycles. The zero-order valence-corrected chi connectivity index (χ0v) is 13.2. The Kier molecular flexibility index (Phi) is 8.15. The van der Waals surface area contributed by atoms with E-state index in [9.17, 15) is 13.2 Å². The maximum Gasteiger partial charge on any atom is 0.306 e. The summed E-state index contributed by atoms with van der Waals surface area (Å²) in [5.41, 5.74) is 0. The molecule has 114 valence electrons. The van der Waals surface area contributed by atoms with Gasteiger partial charge in [0, 0.05) is 27.2 Å². The minimum atomic E-state index is -3.50. The third-order valence-corrected chi connectivity index (χ3v) is 4.67. The van der Waals surface area contributed by atoms with Crippen LogP contribution in [-0.2, 0) is 19.7 Å². The predicted molar refractivity (Wildman–Crippen MR) is 74.0 cm³/mol. The minimum absolute atomic E-state index is 0.0533. The highest BCUT2D eigenvalue weighted by atomic mass is 32.2. The molecule has 0 N–H and O–H groups in total. The Morgan fingerprint density at radius 3 is 2.00 bits per heavy atom. The summed E-state index contributed by atoms with van der Waals surface area (Å²) in [5.74, 6) is -0.419. The van der Waals surface area contributed by atoms with Gasteiger partial charge in [-0.05, 0) is 27.1 Å². The fraction of sp³-hybridized carbons (Fsp3) is 0.909.